The molecule has 0 fully saturated rings. The maximum absolute atomic E-state index is 13.1. The number of halogens is 1. The van der Waals surface area contributed by atoms with E-state index in [0.29, 0.717) is 0 Å². The lowest BCUT2D eigenvalue weighted by atomic mass is 9.86. The van der Waals surface area contributed by atoms with Crippen LogP contribution in [-0.4, -0.2) is 0 Å². The predicted octanol–water partition coefficient (Wildman–Crippen LogP) is 7.26. The lowest BCUT2D eigenvalue weighted by Crippen LogP contribution is -2.12. The standard InChI is InChI=1S/C14H16.C10H13F/c1-14(2,3)13-9-8-11-6-4-5-7-12(11)10-13;1-10(2,3)8-6-4-5-7-9(8)11/h4-10H,1-3H3;4-7H,1-3H3. The molecule has 0 bridgehead atoms. The van der Waals surface area contributed by atoms with Crippen LogP contribution in [0.5, 0.6) is 0 Å². The Hall–Kier alpha value is -2.15. The minimum absolute atomic E-state index is 0.0919. The van der Waals surface area contributed by atoms with Crippen LogP contribution in [0.15, 0.2) is 66.7 Å². The number of hydrogen-bond acceptors (Lipinski definition) is 0. The Morgan fingerprint density at radius 2 is 1.16 bits per heavy atom. The molecule has 0 saturated heterocycles. The molecule has 0 aliphatic rings. The monoisotopic (exact) mass is 336 g/mol. The van der Waals surface area contributed by atoms with Crippen molar-refractivity contribution >= 4 is 10.8 Å². The maximum atomic E-state index is 13.1. The van der Waals surface area contributed by atoms with Crippen molar-refractivity contribution in [1.29, 1.82) is 0 Å². The van der Waals surface area contributed by atoms with Crippen LogP contribution < -0.4 is 0 Å². The van der Waals surface area contributed by atoms with E-state index in [1.54, 1.807) is 6.07 Å². The van der Waals surface area contributed by atoms with Crippen molar-refractivity contribution in [2.45, 2.75) is 52.4 Å². The van der Waals surface area contributed by atoms with Crippen LogP contribution in [0, 0.1) is 5.82 Å². The van der Waals surface area contributed by atoms with Crippen molar-refractivity contribution in [3.63, 3.8) is 0 Å². The van der Waals surface area contributed by atoms with Crippen molar-refractivity contribution in [1.82, 2.24) is 0 Å². The maximum Gasteiger partial charge on any atom is 0.126 e. The van der Waals surface area contributed by atoms with E-state index in [9.17, 15) is 4.39 Å². The highest BCUT2D eigenvalue weighted by molar-refractivity contribution is 5.83. The van der Waals surface area contributed by atoms with Gasteiger partial charge in [0.25, 0.3) is 0 Å². The van der Waals surface area contributed by atoms with E-state index in [1.807, 2.05) is 32.9 Å². The van der Waals surface area contributed by atoms with Gasteiger partial charge in [-0.15, -0.1) is 0 Å². The SMILES string of the molecule is CC(C)(C)c1ccc2ccccc2c1.CC(C)(C)c1ccccc1F. The van der Waals surface area contributed by atoms with Crippen LogP contribution in [0.25, 0.3) is 10.8 Å². The van der Waals surface area contributed by atoms with Gasteiger partial charge in [0.15, 0.2) is 0 Å². The van der Waals surface area contributed by atoms with E-state index >= 15 is 0 Å². The Kier molecular flexibility index (Phi) is 5.67. The summed E-state index contributed by atoms with van der Waals surface area (Å²) in [5, 5.41) is 2.65. The minimum Gasteiger partial charge on any atom is -0.207 e. The highest BCUT2D eigenvalue weighted by Gasteiger charge is 2.16. The van der Waals surface area contributed by atoms with Crippen molar-refractivity contribution in [2.75, 3.05) is 0 Å². The fourth-order valence-electron chi connectivity index (χ4n) is 2.73. The van der Waals surface area contributed by atoms with Gasteiger partial charge in [-0.05, 0) is 38.8 Å². The molecular formula is C24H29F. The highest BCUT2D eigenvalue weighted by Crippen LogP contribution is 2.26. The third-order valence-corrected chi connectivity index (χ3v) is 4.30. The molecule has 25 heavy (non-hydrogen) atoms. The molecule has 0 aliphatic heterocycles. The molecular weight excluding hydrogens is 307 g/mol. The fraction of sp³-hybridized carbons (Fsp3) is 0.333. The molecule has 3 aromatic rings. The second-order valence-electron chi connectivity index (χ2n) is 8.54. The summed E-state index contributed by atoms with van der Waals surface area (Å²) in [4.78, 5) is 0. The second kappa shape index (κ2) is 7.39. The summed E-state index contributed by atoms with van der Waals surface area (Å²) in [7, 11) is 0. The van der Waals surface area contributed by atoms with Gasteiger partial charge in [0.05, 0.1) is 0 Å². The Balaban J connectivity index is 0.000000186. The Morgan fingerprint density at radius 1 is 0.600 bits per heavy atom. The quantitative estimate of drug-likeness (QED) is 0.405. The van der Waals surface area contributed by atoms with E-state index < -0.39 is 0 Å². The molecule has 0 atom stereocenters. The largest absolute Gasteiger partial charge is 0.207 e. The van der Waals surface area contributed by atoms with Gasteiger partial charge in [-0.3, -0.25) is 0 Å². The lowest BCUT2D eigenvalue weighted by molar-refractivity contribution is 0.523. The van der Waals surface area contributed by atoms with E-state index in [1.165, 1.54) is 22.4 Å². The topological polar surface area (TPSA) is 0 Å². The van der Waals surface area contributed by atoms with Crippen LogP contribution in [0.1, 0.15) is 52.7 Å². The van der Waals surface area contributed by atoms with Gasteiger partial charge in [0.1, 0.15) is 5.82 Å². The molecule has 0 amide bonds. The first-order valence-corrected chi connectivity index (χ1v) is 8.83. The van der Waals surface area contributed by atoms with Gasteiger partial charge in [-0.1, -0.05) is 102 Å². The van der Waals surface area contributed by atoms with Crippen molar-refractivity contribution in [3.05, 3.63) is 83.7 Å². The molecule has 3 aromatic carbocycles. The zero-order valence-corrected chi connectivity index (χ0v) is 16.2. The average molecular weight is 336 g/mol. The Labute approximate surface area is 151 Å². The summed E-state index contributed by atoms with van der Waals surface area (Å²) >= 11 is 0. The Morgan fingerprint density at radius 3 is 1.68 bits per heavy atom. The molecule has 0 heterocycles. The molecule has 0 aliphatic carbocycles. The third-order valence-electron chi connectivity index (χ3n) is 4.30. The van der Waals surface area contributed by atoms with Gasteiger partial charge in [0.2, 0.25) is 0 Å². The summed E-state index contributed by atoms with van der Waals surface area (Å²) in [6.45, 7) is 12.8. The molecule has 132 valence electrons. The number of benzene rings is 3. The molecule has 0 nitrogen and oxygen atoms in total. The summed E-state index contributed by atoms with van der Waals surface area (Å²) in [5.41, 5.74) is 2.33. The molecule has 3 rings (SSSR count). The Bertz CT molecular complexity index is 832. The fourth-order valence-corrected chi connectivity index (χ4v) is 2.73. The molecule has 0 radical (unpaired) electrons. The highest BCUT2D eigenvalue weighted by atomic mass is 19.1. The van der Waals surface area contributed by atoms with E-state index in [2.05, 4.69) is 63.2 Å². The van der Waals surface area contributed by atoms with Crippen molar-refractivity contribution < 1.29 is 4.39 Å². The first-order chi connectivity index (χ1) is 11.6. The van der Waals surface area contributed by atoms with Gasteiger partial charge in [-0.25, -0.2) is 4.39 Å². The number of fused-ring (bicyclic) bond motifs is 1. The smallest absolute Gasteiger partial charge is 0.126 e. The molecule has 0 saturated carbocycles. The molecule has 0 N–H and O–H groups in total. The van der Waals surface area contributed by atoms with E-state index in [4.69, 9.17) is 0 Å². The number of hydrogen-bond donors (Lipinski definition) is 0. The van der Waals surface area contributed by atoms with Crippen LogP contribution in [0.4, 0.5) is 4.39 Å². The van der Waals surface area contributed by atoms with Crippen molar-refractivity contribution in [3.8, 4) is 0 Å². The third kappa shape index (κ3) is 5.16. The molecule has 0 aromatic heterocycles. The first-order valence-electron chi connectivity index (χ1n) is 8.83. The van der Waals surface area contributed by atoms with Crippen LogP contribution in [-0.2, 0) is 10.8 Å². The number of rotatable bonds is 0. The summed E-state index contributed by atoms with van der Waals surface area (Å²) in [6, 6.07) is 22.1. The second-order valence-corrected chi connectivity index (χ2v) is 8.54. The van der Waals surface area contributed by atoms with Gasteiger partial charge >= 0.3 is 0 Å². The normalized spacial score (nSPS) is 11.8. The summed E-state index contributed by atoms with van der Waals surface area (Å²) in [6.07, 6.45) is 0. The average Bonchev–Trinajstić information content (AvgIpc) is 2.53. The van der Waals surface area contributed by atoms with E-state index in [0.717, 1.165) is 5.56 Å². The molecule has 1 heteroatoms. The van der Waals surface area contributed by atoms with Crippen LogP contribution in [0.2, 0.25) is 0 Å². The lowest BCUT2D eigenvalue weighted by Gasteiger charge is -2.19. The molecule has 0 spiro atoms. The first kappa shape index (κ1) is 19.2. The van der Waals surface area contributed by atoms with Crippen LogP contribution >= 0.6 is 0 Å². The van der Waals surface area contributed by atoms with Crippen LogP contribution in [0.3, 0.4) is 0 Å². The zero-order valence-electron chi connectivity index (χ0n) is 16.2. The molecule has 0 unspecified atom stereocenters. The van der Waals surface area contributed by atoms with Gasteiger partial charge in [-0.2, -0.15) is 0 Å². The van der Waals surface area contributed by atoms with Crippen molar-refractivity contribution in [2.24, 2.45) is 0 Å². The minimum atomic E-state index is -0.111. The summed E-state index contributed by atoms with van der Waals surface area (Å²) < 4.78 is 13.1. The predicted molar refractivity (Wildman–Crippen MR) is 108 cm³/mol. The zero-order chi connectivity index (χ0) is 18.7. The van der Waals surface area contributed by atoms with E-state index in [-0.39, 0.29) is 16.6 Å². The van der Waals surface area contributed by atoms with Gasteiger partial charge in [0, 0.05) is 0 Å². The van der Waals surface area contributed by atoms with Gasteiger partial charge < -0.3 is 0 Å². The summed E-state index contributed by atoms with van der Waals surface area (Å²) in [5.74, 6) is -0.111.